The van der Waals surface area contributed by atoms with Crippen molar-refractivity contribution in [1.82, 2.24) is 9.99 Å². The van der Waals surface area contributed by atoms with Gasteiger partial charge in [-0.3, -0.25) is 14.6 Å². The predicted octanol–water partition coefficient (Wildman–Crippen LogP) is 4.11. The van der Waals surface area contributed by atoms with Gasteiger partial charge in [-0.15, -0.1) is 0 Å². The average Bonchev–Trinajstić information content (AvgIpc) is 3.39. The molecular weight excluding hydrogens is 418 g/mol. The van der Waals surface area contributed by atoms with E-state index in [9.17, 15) is 9.59 Å². The molecule has 2 aliphatic heterocycles. The highest BCUT2D eigenvalue weighted by Crippen LogP contribution is 2.34. The number of halogens is 1. The standard InChI is InChI=1S/C22H18ClN5O3/c1-12-6-8-14(9-7-12)20-24-17(13(2)31-20)11-27-19-18(25-26-27)21(29)28(22(19)30)16-5-3-4-15(23)10-16/h3-10,18-19H,11H2,1-2H3/t18-,19+/m1/s1. The third-order valence-electron chi connectivity index (χ3n) is 5.43. The van der Waals surface area contributed by atoms with Crippen LogP contribution in [0.15, 0.2) is 63.3 Å². The van der Waals surface area contributed by atoms with E-state index in [2.05, 4.69) is 15.3 Å². The molecule has 0 bridgehead atoms. The molecule has 0 unspecified atom stereocenters. The fourth-order valence-corrected chi connectivity index (χ4v) is 3.96. The lowest BCUT2D eigenvalue weighted by Crippen LogP contribution is -2.39. The van der Waals surface area contributed by atoms with Crippen LogP contribution in [0.5, 0.6) is 0 Å². The second-order valence-corrected chi connectivity index (χ2v) is 8.01. The van der Waals surface area contributed by atoms with Gasteiger partial charge in [-0.25, -0.2) is 9.88 Å². The van der Waals surface area contributed by atoms with Crippen molar-refractivity contribution in [1.29, 1.82) is 0 Å². The van der Waals surface area contributed by atoms with Crippen LogP contribution < -0.4 is 4.90 Å². The van der Waals surface area contributed by atoms with Gasteiger partial charge in [-0.1, -0.05) is 40.6 Å². The van der Waals surface area contributed by atoms with Crippen molar-refractivity contribution in [3.63, 3.8) is 0 Å². The molecule has 1 saturated heterocycles. The van der Waals surface area contributed by atoms with Crippen LogP contribution in [-0.2, 0) is 16.1 Å². The number of anilines is 1. The van der Waals surface area contributed by atoms with E-state index in [1.807, 2.05) is 38.1 Å². The van der Waals surface area contributed by atoms with E-state index in [0.29, 0.717) is 28.1 Å². The van der Waals surface area contributed by atoms with Crippen LogP contribution in [-0.4, -0.2) is 33.9 Å². The van der Waals surface area contributed by atoms with E-state index in [0.717, 1.165) is 16.0 Å². The average molecular weight is 436 g/mol. The minimum Gasteiger partial charge on any atom is -0.441 e. The molecule has 2 aliphatic rings. The van der Waals surface area contributed by atoms with Gasteiger partial charge in [0.2, 0.25) is 5.89 Å². The van der Waals surface area contributed by atoms with Gasteiger partial charge in [-0.2, -0.15) is 5.11 Å². The van der Waals surface area contributed by atoms with Crippen molar-refractivity contribution in [3.05, 3.63) is 70.6 Å². The number of oxazole rings is 1. The Hall–Kier alpha value is -3.52. The fourth-order valence-electron chi connectivity index (χ4n) is 3.77. The van der Waals surface area contributed by atoms with E-state index >= 15 is 0 Å². The smallest absolute Gasteiger partial charge is 0.263 e. The Labute approximate surface area is 183 Å². The van der Waals surface area contributed by atoms with Crippen LogP contribution in [0.2, 0.25) is 5.02 Å². The molecule has 31 heavy (non-hydrogen) atoms. The number of aryl methyl sites for hydroxylation is 2. The molecule has 8 nitrogen and oxygen atoms in total. The number of aromatic nitrogens is 1. The van der Waals surface area contributed by atoms with Crippen molar-refractivity contribution in [3.8, 4) is 11.5 Å². The van der Waals surface area contributed by atoms with Crippen molar-refractivity contribution in [2.45, 2.75) is 32.5 Å². The summed E-state index contributed by atoms with van der Waals surface area (Å²) in [4.78, 5) is 31.7. The van der Waals surface area contributed by atoms with Crippen LogP contribution in [0, 0.1) is 13.8 Å². The minimum atomic E-state index is -0.879. The van der Waals surface area contributed by atoms with E-state index in [1.165, 1.54) is 5.01 Å². The number of carbonyl (C=O) groups excluding carboxylic acids is 2. The number of fused-ring (bicyclic) bond motifs is 1. The molecular formula is C22H18ClN5O3. The number of nitrogens with zero attached hydrogens (tertiary/aromatic N) is 5. The Morgan fingerprint density at radius 1 is 1.06 bits per heavy atom. The van der Waals surface area contributed by atoms with Gasteiger partial charge in [0, 0.05) is 10.6 Å². The zero-order valence-electron chi connectivity index (χ0n) is 16.8. The molecule has 1 fully saturated rings. The summed E-state index contributed by atoms with van der Waals surface area (Å²) < 4.78 is 5.83. The first-order valence-electron chi connectivity index (χ1n) is 9.76. The van der Waals surface area contributed by atoms with Crippen molar-refractivity contribution in [2.75, 3.05) is 4.90 Å². The number of hydrogen-bond donors (Lipinski definition) is 0. The number of hydrogen-bond acceptors (Lipinski definition) is 7. The highest BCUT2D eigenvalue weighted by Gasteiger charge is 2.54. The van der Waals surface area contributed by atoms with E-state index in [4.69, 9.17) is 16.0 Å². The fraction of sp³-hybridized carbons (Fsp3) is 0.227. The molecule has 3 aromatic rings. The van der Waals surface area contributed by atoms with Gasteiger partial charge >= 0.3 is 0 Å². The first kappa shape index (κ1) is 19.4. The SMILES string of the molecule is Cc1ccc(-c2nc(CN3N=N[C@H]4C(=O)N(c5cccc(Cl)c5)C(=O)[C@H]43)c(C)o2)cc1. The lowest BCUT2D eigenvalue weighted by molar-refractivity contribution is -0.123. The van der Waals surface area contributed by atoms with Gasteiger partial charge in [0.05, 0.1) is 12.2 Å². The lowest BCUT2D eigenvalue weighted by Gasteiger charge is -2.20. The highest BCUT2D eigenvalue weighted by atomic mass is 35.5. The van der Waals surface area contributed by atoms with Gasteiger partial charge in [0.25, 0.3) is 11.8 Å². The van der Waals surface area contributed by atoms with Gasteiger partial charge in [0.15, 0.2) is 12.1 Å². The molecule has 156 valence electrons. The predicted molar refractivity (Wildman–Crippen MR) is 113 cm³/mol. The third kappa shape index (κ3) is 3.29. The van der Waals surface area contributed by atoms with Crippen molar-refractivity contribution >= 4 is 29.1 Å². The maximum absolute atomic E-state index is 13.1. The van der Waals surface area contributed by atoms with Crippen molar-refractivity contribution in [2.24, 2.45) is 10.3 Å². The molecule has 3 heterocycles. The summed E-state index contributed by atoms with van der Waals surface area (Å²) in [5.41, 5.74) is 3.06. The molecule has 0 N–H and O–H groups in total. The molecule has 1 aromatic heterocycles. The Balaban J connectivity index is 1.40. The summed E-state index contributed by atoms with van der Waals surface area (Å²) in [6.07, 6.45) is 0. The van der Waals surface area contributed by atoms with Crippen LogP contribution in [0.1, 0.15) is 17.0 Å². The number of amides is 2. The molecule has 9 heteroatoms. The molecule has 0 radical (unpaired) electrons. The van der Waals surface area contributed by atoms with Crippen LogP contribution in [0.3, 0.4) is 0 Å². The summed E-state index contributed by atoms with van der Waals surface area (Å²) in [6.45, 7) is 4.02. The maximum Gasteiger partial charge on any atom is 0.263 e. The Bertz CT molecular complexity index is 1220. The van der Waals surface area contributed by atoms with E-state index in [1.54, 1.807) is 24.3 Å². The topological polar surface area (TPSA) is 91.4 Å². The van der Waals surface area contributed by atoms with Crippen LogP contribution in [0.4, 0.5) is 5.69 Å². The second kappa shape index (κ2) is 7.31. The van der Waals surface area contributed by atoms with E-state index in [-0.39, 0.29) is 12.5 Å². The van der Waals surface area contributed by atoms with Crippen LogP contribution >= 0.6 is 11.6 Å². The number of benzene rings is 2. The summed E-state index contributed by atoms with van der Waals surface area (Å²) in [7, 11) is 0. The lowest BCUT2D eigenvalue weighted by atomic mass is 10.1. The second-order valence-electron chi connectivity index (χ2n) is 7.57. The third-order valence-corrected chi connectivity index (χ3v) is 5.66. The first-order chi connectivity index (χ1) is 14.9. The summed E-state index contributed by atoms with van der Waals surface area (Å²) in [6, 6.07) is 12.8. The Kier molecular flexibility index (Phi) is 4.59. The molecule has 2 aromatic carbocycles. The number of rotatable bonds is 4. The van der Waals surface area contributed by atoms with Gasteiger partial charge in [0.1, 0.15) is 11.5 Å². The Morgan fingerprint density at radius 3 is 2.58 bits per heavy atom. The summed E-state index contributed by atoms with van der Waals surface area (Å²) in [5.74, 6) is 0.315. The molecule has 0 aliphatic carbocycles. The van der Waals surface area contributed by atoms with E-state index < -0.39 is 18.0 Å². The maximum atomic E-state index is 13.1. The largest absolute Gasteiger partial charge is 0.441 e. The molecule has 0 spiro atoms. The highest BCUT2D eigenvalue weighted by molar-refractivity contribution is 6.31. The number of imide groups is 1. The monoisotopic (exact) mass is 435 g/mol. The number of carbonyl (C=O) groups is 2. The van der Waals surface area contributed by atoms with Gasteiger partial charge < -0.3 is 4.42 Å². The van der Waals surface area contributed by atoms with Gasteiger partial charge in [-0.05, 0) is 44.2 Å². The minimum absolute atomic E-state index is 0.203. The zero-order valence-corrected chi connectivity index (χ0v) is 17.6. The van der Waals surface area contributed by atoms with Crippen molar-refractivity contribution < 1.29 is 14.0 Å². The van der Waals surface area contributed by atoms with Crippen LogP contribution in [0.25, 0.3) is 11.5 Å². The molecule has 5 rings (SSSR count). The summed E-state index contributed by atoms with van der Waals surface area (Å²) in [5, 5.41) is 10.1. The normalized spacial score (nSPS) is 20.1. The first-order valence-corrected chi connectivity index (χ1v) is 10.1. The molecule has 0 saturated carbocycles. The molecule has 2 atom stereocenters. The molecule has 2 amide bonds. The zero-order chi connectivity index (χ0) is 21.7. The quantitative estimate of drug-likeness (QED) is 0.575. The Morgan fingerprint density at radius 2 is 1.84 bits per heavy atom. The summed E-state index contributed by atoms with van der Waals surface area (Å²) >= 11 is 6.03.